The number of aliphatic hydroxyl groups is 3. The monoisotopic (exact) mass is 597 g/mol. The first-order valence-corrected chi connectivity index (χ1v) is 13.7. The van der Waals surface area contributed by atoms with Crippen molar-refractivity contribution in [1.29, 1.82) is 0 Å². The molecule has 0 aromatic heterocycles. The summed E-state index contributed by atoms with van der Waals surface area (Å²) in [5, 5.41) is 58.4. The highest BCUT2D eigenvalue weighted by Gasteiger charge is 2.59. The maximum absolute atomic E-state index is 13.8. The van der Waals surface area contributed by atoms with Crippen LogP contribution in [0.5, 0.6) is 11.5 Å². The highest BCUT2D eigenvalue weighted by Crippen LogP contribution is 2.52. The van der Waals surface area contributed by atoms with E-state index in [2.05, 4.69) is 10.6 Å². The summed E-state index contributed by atoms with van der Waals surface area (Å²) in [5.41, 5.74) is 4.20. The normalized spacial score (nSPS) is 22.6. The first-order valence-electron chi connectivity index (χ1n) is 13.7. The van der Waals surface area contributed by atoms with Gasteiger partial charge in [-0.05, 0) is 77.9 Å². The average molecular weight is 598 g/mol. The molecule has 6 rings (SSSR count). The smallest absolute Gasteiger partial charge is 0.323 e. The first kappa shape index (κ1) is 28.5. The van der Waals surface area contributed by atoms with Crippen molar-refractivity contribution in [3.05, 3.63) is 94.5 Å². The van der Waals surface area contributed by atoms with Gasteiger partial charge in [-0.1, -0.05) is 18.2 Å². The topological polar surface area (TPSA) is 220 Å². The zero-order chi connectivity index (χ0) is 31.5. The molecule has 12 heteroatoms. The molecule has 0 unspecified atom stereocenters. The van der Waals surface area contributed by atoms with Crippen molar-refractivity contribution in [3.8, 4) is 22.6 Å². The van der Waals surface area contributed by atoms with Crippen molar-refractivity contribution in [2.45, 2.75) is 24.9 Å². The highest BCUT2D eigenvalue weighted by atomic mass is 16.3. The largest absolute Gasteiger partial charge is 0.511 e. The van der Waals surface area contributed by atoms with Gasteiger partial charge in [0, 0.05) is 29.3 Å². The average Bonchev–Trinajstić information content (AvgIpc) is 2.96. The number of phenols is 2. The van der Waals surface area contributed by atoms with E-state index in [4.69, 9.17) is 5.73 Å². The molecule has 224 valence electrons. The van der Waals surface area contributed by atoms with Crippen LogP contribution in [0.1, 0.15) is 28.8 Å². The summed E-state index contributed by atoms with van der Waals surface area (Å²) < 4.78 is 0. The molecule has 3 atom stereocenters. The second-order valence-corrected chi connectivity index (χ2v) is 11.1. The standard InChI is InChI=1S/C32H27N3O9/c33-30(42)26-23(38)13-16-11-15-12-21-20(9-10-22(37)25(21)27(39)24(15)28(40)32(16,44)29(26)41)14-1-3-17(4-2-14)34-31(43)35-18-5-7-19(36)8-6-18/h1-10,15-16,36-38,40,44H,11-13H2,(H2,33,42)(H2,34,35,43)/t15-,16+,32+/m1/s1. The number of hydrogen-bond acceptors (Lipinski definition) is 9. The predicted octanol–water partition coefficient (Wildman–Crippen LogP) is 3.60. The number of phenolic OH excluding ortho intramolecular Hbond substituents is 2. The van der Waals surface area contributed by atoms with Gasteiger partial charge < -0.3 is 41.9 Å². The SMILES string of the molecule is NC(=O)C1=C(O)C[C@@H]2C[C@@H]3Cc4c(-c5ccc(NC(=O)Nc6ccc(O)cc6)cc5)ccc(O)c4C(=O)C3=C(O)[C@]2(O)C1=O. The van der Waals surface area contributed by atoms with E-state index in [1.54, 1.807) is 42.5 Å². The summed E-state index contributed by atoms with van der Waals surface area (Å²) in [6, 6.07) is 15.2. The molecule has 3 aliphatic carbocycles. The molecular formula is C32H27N3O9. The fourth-order valence-corrected chi connectivity index (χ4v) is 6.46. The zero-order valence-corrected chi connectivity index (χ0v) is 23.0. The second-order valence-electron chi connectivity index (χ2n) is 11.1. The van der Waals surface area contributed by atoms with Crippen molar-refractivity contribution in [1.82, 2.24) is 0 Å². The van der Waals surface area contributed by atoms with Crippen LogP contribution in [0.25, 0.3) is 11.1 Å². The van der Waals surface area contributed by atoms with Crippen molar-refractivity contribution >= 4 is 34.9 Å². The summed E-state index contributed by atoms with van der Waals surface area (Å²) in [7, 11) is 0. The van der Waals surface area contributed by atoms with Crippen LogP contribution in [0.3, 0.4) is 0 Å². The molecule has 3 aromatic carbocycles. The quantitative estimate of drug-likeness (QED) is 0.162. The molecule has 0 radical (unpaired) electrons. The number of carbonyl (C=O) groups excluding carboxylic acids is 4. The number of nitrogens with two attached hydrogens (primary N) is 1. The first-order chi connectivity index (χ1) is 20.9. The van der Waals surface area contributed by atoms with E-state index in [0.29, 0.717) is 28.1 Å². The number of allylic oxidation sites excluding steroid dienone is 2. The van der Waals surface area contributed by atoms with Crippen LogP contribution in [0.4, 0.5) is 16.2 Å². The van der Waals surface area contributed by atoms with Gasteiger partial charge in [0.15, 0.2) is 11.4 Å². The molecule has 3 amide bonds. The summed E-state index contributed by atoms with van der Waals surface area (Å²) in [5.74, 6) is -6.77. The number of ketones is 2. The lowest BCUT2D eigenvalue weighted by atomic mass is 9.60. The minimum atomic E-state index is -2.62. The van der Waals surface area contributed by atoms with Gasteiger partial charge >= 0.3 is 6.03 Å². The minimum absolute atomic E-state index is 0.0248. The molecule has 0 fully saturated rings. The Hall–Kier alpha value is -5.62. The van der Waals surface area contributed by atoms with Crippen LogP contribution >= 0.6 is 0 Å². The van der Waals surface area contributed by atoms with Crippen LogP contribution in [-0.4, -0.2) is 54.6 Å². The molecular weight excluding hydrogens is 570 g/mol. The lowest BCUT2D eigenvalue weighted by Gasteiger charge is -2.45. The van der Waals surface area contributed by atoms with E-state index in [0.717, 1.165) is 0 Å². The van der Waals surface area contributed by atoms with Crippen LogP contribution in [0.15, 0.2) is 83.3 Å². The third-order valence-electron chi connectivity index (χ3n) is 8.52. The van der Waals surface area contributed by atoms with Gasteiger partial charge in [0.05, 0.1) is 5.56 Å². The summed E-state index contributed by atoms with van der Waals surface area (Å²) in [6.07, 6.45) is -0.124. The van der Waals surface area contributed by atoms with Gasteiger partial charge in [-0.25, -0.2) is 4.79 Å². The fraction of sp³-hybridized carbons (Fsp3) is 0.188. The Morgan fingerprint density at radius 2 is 1.45 bits per heavy atom. The summed E-state index contributed by atoms with van der Waals surface area (Å²) in [6.45, 7) is 0. The lowest BCUT2D eigenvalue weighted by molar-refractivity contribution is -0.144. The molecule has 44 heavy (non-hydrogen) atoms. The maximum Gasteiger partial charge on any atom is 0.323 e. The van der Waals surface area contributed by atoms with Gasteiger partial charge in [-0.3, -0.25) is 14.4 Å². The molecule has 12 nitrogen and oxygen atoms in total. The van der Waals surface area contributed by atoms with Gasteiger partial charge in [0.25, 0.3) is 5.91 Å². The van der Waals surface area contributed by atoms with Gasteiger partial charge in [-0.15, -0.1) is 0 Å². The predicted molar refractivity (Wildman–Crippen MR) is 157 cm³/mol. The molecule has 9 N–H and O–H groups in total. The third-order valence-corrected chi connectivity index (χ3v) is 8.52. The number of nitrogens with one attached hydrogen (secondary N) is 2. The molecule has 0 aliphatic heterocycles. The highest BCUT2D eigenvalue weighted by molar-refractivity contribution is 6.24. The number of rotatable bonds is 4. The van der Waals surface area contributed by atoms with Crippen LogP contribution in [0.2, 0.25) is 0 Å². The molecule has 0 saturated carbocycles. The van der Waals surface area contributed by atoms with E-state index in [1.807, 2.05) is 0 Å². The number of hydrogen-bond donors (Lipinski definition) is 8. The third kappa shape index (κ3) is 4.43. The Morgan fingerprint density at radius 1 is 0.841 bits per heavy atom. The summed E-state index contributed by atoms with van der Waals surface area (Å²) >= 11 is 0. The number of fused-ring (bicyclic) bond motifs is 3. The number of aromatic hydroxyl groups is 2. The van der Waals surface area contributed by atoms with E-state index < -0.39 is 58.0 Å². The molecule has 0 spiro atoms. The van der Waals surface area contributed by atoms with E-state index in [9.17, 15) is 44.7 Å². The molecule has 3 aromatic rings. The molecule has 0 saturated heterocycles. The van der Waals surface area contributed by atoms with Crippen molar-refractivity contribution < 1.29 is 44.7 Å². The molecule has 3 aliphatic rings. The maximum atomic E-state index is 13.8. The summed E-state index contributed by atoms with van der Waals surface area (Å²) in [4.78, 5) is 51.1. The van der Waals surface area contributed by atoms with Gasteiger partial charge in [-0.2, -0.15) is 0 Å². The van der Waals surface area contributed by atoms with Crippen LogP contribution in [-0.2, 0) is 16.0 Å². The number of urea groups is 1. The van der Waals surface area contributed by atoms with E-state index in [-0.39, 0.29) is 41.9 Å². The van der Waals surface area contributed by atoms with Gasteiger partial charge in [0.1, 0.15) is 28.6 Å². The van der Waals surface area contributed by atoms with Crippen molar-refractivity contribution in [3.63, 3.8) is 0 Å². The number of anilines is 2. The fourth-order valence-electron chi connectivity index (χ4n) is 6.46. The number of primary amides is 1. The Bertz CT molecular complexity index is 1830. The van der Waals surface area contributed by atoms with Crippen LogP contribution < -0.4 is 16.4 Å². The van der Waals surface area contributed by atoms with Crippen LogP contribution in [0, 0.1) is 11.8 Å². The number of amides is 3. The van der Waals surface area contributed by atoms with Crippen molar-refractivity contribution in [2.24, 2.45) is 17.6 Å². The Morgan fingerprint density at radius 3 is 2.07 bits per heavy atom. The molecule has 0 bridgehead atoms. The Kier molecular flexibility index (Phi) is 6.66. The zero-order valence-electron chi connectivity index (χ0n) is 23.0. The molecule has 0 heterocycles. The number of Topliss-reactive ketones (excluding diaryl/α,β-unsaturated/α-hetero) is 2. The Balaban J connectivity index is 1.31. The lowest BCUT2D eigenvalue weighted by Crippen LogP contribution is -2.57. The van der Waals surface area contributed by atoms with Crippen molar-refractivity contribution in [2.75, 3.05) is 10.6 Å². The van der Waals surface area contributed by atoms with E-state index >= 15 is 0 Å². The number of aliphatic hydroxyl groups excluding tert-OH is 2. The Labute approximate surface area is 249 Å². The number of benzene rings is 3. The van der Waals surface area contributed by atoms with E-state index in [1.165, 1.54) is 18.2 Å². The second kappa shape index (κ2) is 10.3. The van der Waals surface area contributed by atoms with Gasteiger partial charge in [0.2, 0.25) is 5.78 Å². The number of carbonyl (C=O) groups is 4. The minimum Gasteiger partial charge on any atom is -0.511 e.